The Bertz CT molecular complexity index is 1240. The number of benzene rings is 3. The van der Waals surface area contributed by atoms with E-state index in [4.69, 9.17) is 4.74 Å². The Morgan fingerprint density at radius 3 is 2.13 bits per heavy atom. The number of amides is 1. The molecule has 1 atom stereocenters. The van der Waals surface area contributed by atoms with Crippen molar-refractivity contribution in [2.75, 3.05) is 66.5 Å². The summed E-state index contributed by atoms with van der Waals surface area (Å²) in [7, 11) is 4.30. The molecule has 2 fully saturated rings. The molecule has 3 aromatic rings. The Hall–Kier alpha value is -3.19. The van der Waals surface area contributed by atoms with Crippen molar-refractivity contribution in [1.29, 1.82) is 0 Å². The molecule has 0 aromatic heterocycles. The van der Waals surface area contributed by atoms with E-state index in [-0.39, 0.29) is 11.9 Å². The van der Waals surface area contributed by atoms with Crippen LogP contribution in [-0.2, 0) is 0 Å². The second-order valence-electron chi connectivity index (χ2n) is 11.0. The SMILES string of the molecule is CN(C)[C@H]1CCN(CCOc2ccccc2C(=O)N2CCN(C3c4ccccc4-c4ccccc43)CC2)C1. The van der Waals surface area contributed by atoms with Crippen LogP contribution in [-0.4, -0.2) is 98.1 Å². The summed E-state index contributed by atoms with van der Waals surface area (Å²) in [5.41, 5.74) is 6.10. The van der Waals surface area contributed by atoms with Crippen LogP contribution >= 0.6 is 0 Å². The van der Waals surface area contributed by atoms with Crippen molar-refractivity contribution in [2.45, 2.75) is 18.5 Å². The van der Waals surface area contributed by atoms with Crippen molar-refractivity contribution in [3.05, 3.63) is 89.5 Å². The van der Waals surface area contributed by atoms with Crippen molar-refractivity contribution in [1.82, 2.24) is 19.6 Å². The van der Waals surface area contributed by atoms with Gasteiger partial charge in [0, 0.05) is 45.3 Å². The third-order valence-corrected chi connectivity index (χ3v) is 8.53. The molecule has 2 heterocycles. The predicted octanol–water partition coefficient (Wildman–Crippen LogP) is 4.23. The van der Waals surface area contributed by atoms with Crippen LogP contribution in [0.25, 0.3) is 11.1 Å². The molecule has 198 valence electrons. The number of rotatable bonds is 7. The molecule has 3 aromatic carbocycles. The number of hydrogen-bond donors (Lipinski definition) is 0. The molecule has 0 spiro atoms. The van der Waals surface area contributed by atoms with Crippen LogP contribution in [0.3, 0.4) is 0 Å². The summed E-state index contributed by atoms with van der Waals surface area (Å²) in [6.07, 6.45) is 1.20. The van der Waals surface area contributed by atoms with Gasteiger partial charge >= 0.3 is 0 Å². The number of likely N-dealkylation sites (tertiary alicyclic amines) is 1. The molecule has 6 nitrogen and oxygen atoms in total. The second-order valence-corrected chi connectivity index (χ2v) is 11.0. The number of likely N-dealkylation sites (N-methyl/N-ethyl adjacent to an activating group) is 1. The Morgan fingerprint density at radius 2 is 1.47 bits per heavy atom. The van der Waals surface area contributed by atoms with E-state index in [0.717, 1.165) is 32.7 Å². The summed E-state index contributed by atoms with van der Waals surface area (Å²) in [5, 5.41) is 0. The normalized spacial score (nSPS) is 20.1. The van der Waals surface area contributed by atoms with Gasteiger partial charge in [-0.25, -0.2) is 0 Å². The third-order valence-electron chi connectivity index (χ3n) is 8.53. The van der Waals surface area contributed by atoms with Crippen molar-refractivity contribution < 1.29 is 9.53 Å². The second kappa shape index (κ2) is 10.9. The van der Waals surface area contributed by atoms with Crippen LogP contribution in [0.4, 0.5) is 0 Å². The fourth-order valence-corrected chi connectivity index (χ4v) is 6.37. The van der Waals surface area contributed by atoms with Crippen molar-refractivity contribution in [3.63, 3.8) is 0 Å². The van der Waals surface area contributed by atoms with Gasteiger partial charge in [-0.15, -0.1) is 0 Å². The molecule has 1 amide bonds. The van der Waals surface area contributed by atoms with Crippen LogP contribution < -0.4 is 4.74 Å². The molecule has 6 rings (SSSR count). The lowest BCUT2D eigenvalue weighted by atomic mass is 10.0. The topological polar surface area (TPSA) is 39.3 Å². The average molecular weight is 511 g/mol. The van der Waals surface area contributed by atoms with Crippen LogP contribution in [0, 0.1) is 0 Å². The zero-order valence-electron chi connectivity index (χ0n) is 22.6. The van der Waals surface area contributed by atoms with Gasteiger partial charge in [0.25, 0.3) is 5.91 Å². The standard InChI is InChI=1S/C32H38N4O2/c1-33(2)24-15-16-34(23-24)21-22-38-30-14-8-7-13-29(30)32(37)36-19-17-35(18-20-36)31-27-11-5-3-9-25(27)26-10-4-6-12-28(26)31/h3-14,24,31H,15-23H2,1-2H3/t24-/m0/s1. The van der Waals surface area contributed by atoms with Gasteiger partial charge in [-0.1, -0.05) is 60.7 Å². The quantitative estimate of drug-likeness (QED) is 0.476. The molecule has 0 unspecified atom stereocenters. The molecular formula is C32H38N4O2. The number of fused-ring (bicyclic) bond motifs is 3. The smallest absolute Gasteiger partial charge is 0.257 e. The fourth-order valence-electron chi connectivity index (χ4n) is 6.37. The van der Waals surface area contributed by atoms with Gasteiger partial charge in [0.2, 0.25) is 0 Å². The van der Waals surface area contributed by atoms with Crippen LogP contribution in [0.15, 0.2) is 72.8 Å². The monoisotopic (exact) mass is 510 g/mol. The van der Waals surface area contributed by atoms with Crippen molar-refractivity contribution in [2.24, 2.45) is 0 Å². The maximum Gasteiger partial charge on any atom is 0.257 e. The molecule has 38 heavy (non-hydrogen) atoms. The summed E-state index contributed by atoms with van der Waals surface area (Å²) < 4.78 is 6.17. The minimum absolute atomic E-state index is 0.0707. The fraction of sp³-hybridized carbons (Fsp3) is 0.406. The third kappa shape index (κ3) is 4.84. The maximum absolute atomic E-state index is 13.6. The van der Waals surface area contributed by atoms with Gasteiger partial charge in [0.15, 0.2) is 0 Å². The van der Waals surface area contributed by atoms with Gasteiger partial charge in [0.1, 0.15) is 12.4 Å². The lowest BCUT2D eigenvalue weighted by molar-refractivity contribution is 0.0595. The highest BCUT2D eigenvalue weighted by molar-refractivity contribution is 5.97. The highest BCUT2D eigenvalue weighted by Gasteiger charge is 2.35. The van der Waals surface area contributed by atoms with Crippen LogP contribution in [0.5, 0.6) is 5.75 Å². The minimum atomic E-state index is 0.0707. The number of nitrogens with zero attached hydrogens (tertiary/aromatic N) is 4. The van der Waals surface area contributed by atoms with Crippen LogP contribution in [0.2, 0.25) is 0 Å². The number of para-hydroxylation sites is 1. The molecule has 2 aliphatic heterocycles. The van der Waals surface area contributed by atoms with Gasteiger partial charge in [-0.2, -0.15) is 0 Å². The van der Waals surface area contributed by atoms with E-state index in [1.807, 2.05) is 29.2 Å². The first-order chi connectivity index (χ1) is 18.6. The molecule has 0 saturated carbocycles. The molecule has 1 aliphatic carbocycles. The highest BCUT2D eigenvalue weighted by atomic mass is 16.5. The Labute approximate surface area is 226 Å². The molecule has 0 radical (unpaired) electrons. The number of carbonyl (C=O) groups is 1. The summed E-state index contributed by atoms with van der Waals surface area (Å²) in [6, 6.07) is 26.1. The van der Waals surface area contributed by atoms with Crippen molar-refractivity contribution in [3.8, 4) is 16.9 Å². The number of carbonyl (C=O) groups excluding carboxylic acids is 1. The molecule has 3 aliphatic rings. The van der Waals surface area contributed by atoms with E-state index in [1.54, 1.807) is 0 Å². The first-order valence-corrected chi connectivity index (χ1v) is 13.9. The molecule has 0 N–H and O–H groups in total. The summed E-state index contributed by atoms with van der Waals surface area (Å²) in [5.74, 6) is 0.767. The summed E-state index contributed by atoms with van der Waals surface area (Å²) in [6.45, 7) is 6.80. The largest absolute Gasteiger partial charge is 0.491 e. The van der Waals surface area contributed by atoms with Gasteiger partial charge in [-0.05, 0) is 61.4 Å². The van der Waals surface area contributed by atoms with Gasteiger partial charge in [0.05, 0.1) is 11.6 Å². The lowest BCUT2D eigenvalue weighted by Crippen LogP contribution is -2.49. The van der Waals surface area contributed by atoms with E-state index in [1.165, 1.54) is 28.7 Å². The first-order valence-electron chi connectivity index (χ1n) is 13.9. The van der Waals surface area contributed by atoms with E-state index in [2.05, 4.69) is 77.3 Å². The maximum atomic E-state index is 13.6. The average Bonchev–Trinajstić information content (AvgIpc) is 3.56. The zero-order valence-corrected chi connectivity index (χ0v) is 22.6. The Balaban J connectivity index is 1.08. The zero-order chi connectivity index (χ0) is 26.1. The van der Waals surface area contributed by atoms with Gasteiger partial charge in [-0.3, -0.25) is 14.6 Å². The molecular weight excluding hydrogens is 472 g/mol. The van der Waals surface area contributed by atoms with E-state index in [9.17, 15) is 4.79 Å². The number of hydrogen-bond acceptors (Lipinski definition) is 5. The van der Waals surface area contributed by atoms with Crippen LogP contribution in [0.1, 0.15) is 33.9 Å². The first kappa shape index (κ1) is 25.1. The predicted molar refractivity (Wildman–Crippen MR) is 152 cm³/mol. The summed E-state index contributed by atoms with van der Waals surface area (Å²) >= 11 is 0. The molecule has 0 bridgehead atoms. The molecule has 6 heteroatoms. The van der Waals surface area contributed by atoms with E-state index < -0.39 is 0 Å². The highest BCUT2D eigenvalue weighted by Crippen LogP contribution is 2.46. The molecule has 2 saturated heterocycles. The lowest BCUT2D eigenvalue weighted by Gasteiger charge is -2.39. The Morgan fingerprint density at radius 1 is 0.842 bits per heavy atom. The van der Waals surface area contributed by atoms with E-state index in [0.29, 0.717) is 37.1 Å². The number of ether oxygens (including phenoxy) is 1. The minimum Gasteiger partial charge on any atom is -0.491 e. The van der Waals surface area contributed by atoms with Gasteiger partial charge < -0.3 is 14.5 Å². The number of piperazine rings is 1. The van der Waals surface area contributed by atoms with Crippen molar-refractivity contribution >= 4 is 5.91 Å². The Kier molecular flexibility index (Phi) is 7.20. The van der Waals surface area contributed by atoms with E-state index >= 15 is 0 Å². The summed E-state index contributed by atoms with van der Waals surface area (Å²) in [4.78, 5) is 22.9.